The lowest BCUT2D eigenvalue weighted by atomic mass is 9.75. The van der Waals surface area contributed by atoms with Crippen LogP contribution in [0.25, 0.3) is 0 Å². The smallest absolute Gasteiger partial charge is 0.123 e. The fourth-order valence-electron chi connectivity index (χ4n) is 4.37. The van der Waals surface area contributed by atoms with Gasteiger partial charge in [-0.15, -0.1) is 0 Å². The van der Waals surface area contributed by atoms with Gasteiger partial charge in [0.25, 0.3) is 0 Å². The van der Waals surface area contributed by atoms with E-state index < -0.39 is 0 Å². The summed E-state index contributed by atoms with van der Waals surface area (Å²) >= 11 is 0. The average molecular weight is 298 g/mol. The minimum atomic E-state index is 0.247. The summed E-state index contributed by atoms with van der Waals surface area (Å²) in [6.07, 6.45) is 11.2. The highest BCUT2D eigenvalue weighted by atomic mass is 16.1. The second-order valence-corrected chi connectivity index (χ2v) is 7.19. The summed E-state index contributed by atoms with van der Waals surface area (Å²) in [6.45, 7) is 0. The number of benzene rings is 1. The van der Waals surface area contributed by atoms with Crippen LogP contribution >= 0.6 is 0 Å². The Balaban J connectivity index is 1.74. The van der Waals surface area contributed by atoms with Crippen LogP contribution in [-0.2, 0) is 9.59 Å². The normalized spacial score (nSPS) is 32.4. The molecule has 2 aliphatic carbocycles. The number of carbonyl (C=O) groups excluding carboxylic acids is 2. The lowest BCUT2D eigenvalue weighted by Gasteiger charge is -2.29. The number of aldehydes is 2. The summed E-state index contributed by atoms with van der Waals surface area (Å²) in [6, 6.07) is 8.97. The van der Waals surface area contributed by atoms with E-state index >= 15 is 0 Å². The molecule has 0 amide bonds. The first kappa shape index (κ1) is 15.5. The molecular weight excluding hydrogens is 272 g/mol. The molecule has 1 aromatic carbocycles. The first-order valence-corrected chi connectivity index (χ1v) is 8.80. The molecule has 1 aromatic rings. The number of carbonyl (C=O) groups is 2. The minimum Gasteiger partial charge on any atom is -0.303 e. The van der Waals surface area contributed by atoms with Gasteiger partial charge in [0, 0.05) is 11.8 Å². The first-order valence-electron chi connectivity index (χ1n) is 8.80. The van der Waals surface area contributed by atoms with E-state index in [0.29, 0.717) is 11.8 Å². The molecule has 0 spiro atoms. The van der Waals surface area contributed by atoms with Crippen molar-refractivity contribution in [3.8, 4) is 0 Å². The molecule has 2 nitrogen and oxygen atoms in total. The zero-order chi connectivity index (χ0) is 15.4. The van der Waals surface area contributed by atoms with Crippen molar-refractivity contribution in [2.24, 2.45) is 11.8 Å². The molecule has 0 N–H and O–H groups in total. The molecule has 2 aliphatic rings. The highest BCUT2D eigenvalue weighted by Crippen LogP contribution is 2.39. The van der Waals surface area contributed by atoms with Crippen LogP contribution in [0, 0.1) is 11.8 Å². The van der Waals surface area contributed by atoms with E-state index in [0.717, 1.165) is 51.1 Å². The van der Waals surface area contributed by atoms with Gasteiger partial charge in [0.2, 0.25) is 0 Å². The van der Waals surface area contributed by atoms with Gasteiger partial charge >= 0.3 is 0 Å². The molecule has 118 valence electrons. The fourth-order valence-corrected chi connectivity index (χ4v) is 4.37. The van der Waals surface area contributed by atoms with Crippen LogP contribution in [-0.4, -0.2) is 12.6 Å². The standard InChI is InChI=1S/C20H26O2/c21-13-15-4-1-6-17(10-15)19-8-3-9-20(12-19)18-7-2-5-16(11-18)14-22/h3,8-9,12-18H,1-2,4-7,10-11H2. The highest BCUT2D eigenvalue weighted by Gasteiger charge is 2.25. The quantitative estimate of drug-likeness (QED) is 0.759. The third kappa shape index (κ3) is 3.48. The predicted octanol–water partition coefficient (Wildman–Crippen LogP) is 4.63. The third-order valence-corrected chi connectivity index (χ3v) is 5.67. The van der Waals surface area contributed by atoms with Gasteiger partial charge in [-0.3, -0.25) is 0 Å². The van der Waals surface area contributed by atoms with Crippen molar-refractivity contribution in [1.29, 1.82) is 0 Å². The monoisotopic (exact) mass is 298 g/mol. The Morgan fingerprint density at radius 3 is 1.73 bits per heavy atom. The SMILES string of the molecule is O=CC1CCCC(c2cccc(C3CCCC(C=O)C3)c2)C1. The Hall–Kier alpha value is -1.44. The summed E-state index contributed by atoms with van der Waals surface area (Å²) in [5, 5.41) is 0. The number of hydrogen-bond acceptors (Lipinski definition) is 2. The molecule has 2 heteroatoms. The Bertz CT molecular complexity index is 479. The molecular formula is C20H26O2. The van der Waals surface area contributed by atoms with Gasteiger partial charge in [-0.05, 0) is 61.5 Å². The number of hydrogen-bond donors (Lipinski definition) is 0. The van der Waals surface area contributed by atoms with Crippen LogP contribution in [0.15, 0.2) is 24.3 Å². The number of rotatable bonds is 4. The average Bonchev–Trinajstić information content (AvgIpc) is 2.62. The van der Waals surface area contributed by atoms with Crippen molar-refractivity contribution < 1.29 is 9.59 Å². The summed E-state index contributed by atoms with van der Waals surface area (Å²) in [5.41, 5.74) is 2.80. The summed E-state index contributed by atoms with van der Waals surface area (Å²) in [7, 11) is 0. The molecule has 4 unspecified atom stereocenters. The maximum absolute atomic E-state index is 11.1. The lowest BCUT2D eigenvalue weighted by Crippen LogP contribution is -2.17. The Kier molecular flexibility index (Phi) is 5.07. The Morgan fingerprint density at radius 1 is 0.773 bits per heavy atom. The minimum absolute atomic E-state index is 0.247. The summed E-state index contributed by atoms with van der Waals surface area (Å²) in [5.74, 6) is 1.57. The molecule has 0 bridgehead atoms. The molecule has 2 fully saturated rings. The summed E-state index contributed by atoms with van der Waals surface area (Å²) in [4.78, 5) is 22.2. The predicted molar refractivity (Wildman–Crippen MR) is 88.0 cm³/mol. The second kappa shape index (κ2) is 7.21. The first-order chi connectivity index (χ1) is 10.8. The van der Waals surface area contributed by atoms with E-state index in [1.54, 1.807) is 0 Å². The lowest BCUT2D eigenvalue weighted by molar-refractivity contribution is -0.112. The van der Waals surface area contributed by atoms with E-state index in [4.69, 9.17) is 0 Å². The van der Waals surface area contributed by atoms with Gasteiger partial charge in [-0.25, -0.2) is 0 Å². The van der Waals surface area contributed by atoms with Gasteiger partial charge in [0.05, 0.1) is 0 Å². The third-order valence-electron chi connectivity index (χ3n) is 5.67. The maximum atomic E-state index is 11.1. The van der Waals surface area contributed by atoms with E-state index in [2.05, 4.69) is 24.3 Å². The molecule has 0 aromatic heterocycles. The van der Waals surface area contributed by atoms with Crippen molar-refractivity contribution in [3.63, 3.8) is 0 Å². The van der Waals surface area contributed by atoms with Gasteiger partial charge < -0.3 is 9.59 Å². The molecule has 2 saturated carbocycles. The van der Waals surface area contributed by atoms with E-state index in [1.807, 2.05) is 0 Å². The Morgan fingerprint density at radius 2 is 1.27 bits per heavy atom. The van der Waals surface area contributed by atoms with Crippen molar-refractivity contribution in [2.75, 3.05) is 0 Å². The van der Waals surface area contributed by atoms with Crippen molar-refractivity contribution in [3.05, 3.63) is 35.4 Å². The molecule has 4 atom stereocenters. The molecule has 0 radical (unpaired) electrons. The topological polar surface area (TPSA) is 34.1 Å². The second-order valence-electron chi connectivity index (χ2n) is 7.19. The van der Waals surface area contributed by atoms with Crippen molar-refractivity contribution >= 4 is 12.6 Å². The van der Waals surface area contributed by atoms with Crippen LogP contribution in [0.5, 0.6) is 0 Å². The molecule has 0 heterocycles. The largest absolute Gasteiger partial charge is 0.303 e. The summed E-state index contributed by atoms with van der Waals surface area (Å²) < 4.78 is 0. The maximum Gasteiger partial charge on any atom is 0.123 e. The van der Waals surface area contributed by atoms with Gasteiger partial charge in [0.1, 0.15) is 12.6 Å². The van der Waals surface area contributed by atoms with Crippen LogP contribution < -0.4 is 0 Å². The zero-order valence-electron chi connectivity index (χ0n) is 13.2. The van der Waals surface area contributed by atoms with E-state index in [9.17, 15) is 9.59 Å². The van der Waals surface area contributed by atoms with Crippen LogP contribution in [0.1, 0.15) is 74.3 Å². The van der Waals surface area contributed by atoms with Crippen LogP contribution in [0.2, 0.25) is 0 Å². The molecule has 3 rings (SSSR count). The van der Waals surface area contributed by atoms with Crippen molar-refractivity contribution in [1.82, 2.24) is 0 Å². The fraction of sp³-hybridized carbons (Fsp3) is 0.600. The Labute approximate surface area is 133 Å². The van der Waals surface area contributed by atoms with Crippen molar-refractivity contribution in [2.45, 2.75) is 63.2 Å². The van der Waals surface area contributed by atoms with Gasteiger partial charge in [-0.1, -0.05) is 37.1 Å². The van der Waals surface area contributed by atoms with Crippen LogP contribution in [0.4, 0.5) is 0 Å². The van der Waals surface area contributed by atoms with Gasteiger partial charge in [-0.2, -0.15) is 0 Å². The highest BCUT2D eigenvalue weighted by molar-refractivity contribution is 5.54. The van der Waals surface area contributed by atoms with E-state index in [-0.39, 0.29) is 11.8 Å². The molecule has 0 aliphatic heterocycles. The van der Waals surface area contributed by atoms with Crippen LogP contribution in [0.3, 0.4) is 0 Å². The van der Waals surface area contributed by atoms with E-state index in [1.165, 1.54) is 24.0 Å². The molecule has 22 heavy (non-hydrogen) atoms. The molecule has 0 saturated heterocycles. The van der Waals surface area contributed by atoms with Gasteiger partial charge in [0.15, 0.2) is 0 Å². The zero-order valence-corrected chi connectivity index (χ0v) is 13.2.